The minimum Gasteiger partial charge on any atom is -0.467 e. The quantitative estimate of drug-likeness (QED) is 0.810. The SMILES string of the molecule is COC(=O)C(C)(O)CNc1ccc(Cl)cc1C. The van der Waals surface area contributed by atoms with Crippen LogP contribution in [-0.4, -0.2) is 30.3 Å². The number of aliphatic hydroxyl groups is 1. The van der Waals surface area contributed by atoms with Crippen LogP contribution in [0.2, 0.25) is 5.02 Å². The van der Waals surface area contributed by atoms with E-state index in [1.54, 1.807) is 18.2 Å². The van der Waals surface area contributed by atoms with Gasteiger partial charge >= 0.3 is 5.97 Å². The van der Waals surface area contributed by atoms with Gasteiger partial charge in [0, 0.05) is 10.7 Å². The standard InChI is InChI=1S/C12H16ClNO3/c1-8-6-9(13)4-5-10(8)14-7-12(2,16)11(15)17-3/h4-6,14,16H,7H2,1-3H3. The fraction of sp³-hybridized carbons (Fsp3) is 0.417. The molecule has 0 spiro atoms. The second-order valence-corrected chi connectivity index (χ2v) is 4.51. The highest BCUT2D eigenvalue weighted by Crippen LogP contribution is 2.20. The molecule has 0 aliphatic heterocycles. The summed E-state index contributed by atoms with van der Waals surface area (Å²) in [6, 6.07) is 5.34. The third-order valence-corrected chi connectivity index (χ3v) is 2.67. The van der Waals surface area contributed by atoms with Crippen LogP contribution in [0.5, 0.6) is 0 Å². The zero-order valence-electron chi connectivity index (χ0n) is 10.1. The number of esters is 1. The summed E-state index contributed by atoms with van der Waals surface area (Å²) in [5.41, 5.74) is 0.206. The first-order valence-electron chi connectivity index (χ1n) is 5.17. The van der Waals surface area contributed by atoms with Gasteiger partial charge in [-0.1, -0.05) is 11.6 Å². The van der Waals surface area contributed by atoms with E-state index in [2.05, 4.69) is 10.1 Å². The van der Waals surface area contributed by atoms with Crippen molar-refractivity contribution in [2.24, 2.45) is 0 Å². The fourth-order valence-electron chi connectivity index (χ4n) is 1.38. The largest absolute Gasteiger partial charge is 0.467 e. The minimum absolute atomic E-state index is 0.0716. The molecule has 0 saturated carbocycles. The number of hydrogen-bond donors (Lipinski definition) is 2. The van der Waals surface area contributed by atoms with Crippen LogP contribution in [0.4, 0.5) is 5.69 Å². The first-order chi connectivity index (χ1) is 7.86. The minimum atomic E-state index is -1.55. The number of aryl methyl sites for hydroxylation is 1. The summed E-state index contributed by atoms with van der Waals surface area (Å²) in [6.07, 6.45) is 0. The molecule has 5 heteroatoms. The lowest BCUT2D eigenvalue weighted by Gasteiger charge is -2.21. The molecule has 0 heterocycles. The molecule has 1 rings (SSSR count). The molecule has 4 nitrogen and oxygen atoms in total. The molecular formula is C12H16ClNO3. The number of anilines is 1. The average molecular weight is 258 g/mol. The Morgan fingerprint density at radius 2 is 2.24 bits per heavy atom. The highest BCUT2D eigenvalue weighted by atomic mass is 35.5. The number of halogens is 1. The van der Waals surface area contributed by atoms with Gasteiger partial charge in [0.25, 0.3) is 0 Å². The van der Waals surface area contributed by atoms with Gasteiger partial charge in [-0.15, -0.1) is 0 Å². The number of hydrogen-bond acceptors (Lipinski definition) is 4. The van der Waals surface area contributed by atoms with Crippen molar-refractivity contribution >= 4 is 23.3 Å². The summed E-state index contributed by atoms with van der Waals surface area (Å²) >= 11 is 5.83. The van der Waals surface area contributed by atoms with Crippen LogP contribution >= 0.6 is 11.6 Å². The van der Waals surface area contributed by atoms with Crippen molar-refractivity contribution in [1.82, 2.24) is 0 Å². The molecule has 94 valence electrons. The smallest absolute Gasteiger partial charge is 0.339 e. The molecule has 1 aromatic carbocycles. The molecule has 0 amide bonds. The number of carbonyl (C=O) groups is 1. The van der Waals surface area contributed by atoms with Crippen LogP contribution in [0.25, 0.3) is 0 Å². The molecule has 0 fully saturated rings. The van der Waals surface area contributed by atoms with E-state index in [1.807, 2.05) is 6.92 Å². The van der Waals surface area contributed by atoms with Gasteiger partial charge in [0.15, 0.2) is 5.60 Å². The van der Waals surface area contributed by atoms with E-state index < -0.39 is 11.6 Å². The molecule has 1 aromatic rings. The number of carbonyl (C=O) groups excluding carboxylic acids is 1. The zero-order valence-corrected chi connectivity index (χ0v) is 10.8. The molecule has 0 saturated heterocycles. The van der Waals surface area contributed by atoms with E-state index in [0.717, 1.165) is 11.3 Å². The Labute approximate surface area is 106 Å². The Morgan fingerprint density at radius 3 is 2.76 bits per heavy atom. The Kier molecular flexibility index (Phi) is 4.37. The van der Waals surface area contributed by atoms with Crippen molar-refractivity contribution in [3.63, 3.8) is 0 Å². The van der Waals surface area contributed by atoms with Crippen molar-refractivity contribution in [3.05, 3.63) is 28.8 Å². The Bertz CT molecular complexity index is 418. The predicted octanol–water partition coefficient (Wildman–Crippen LogP) is 1.98. The van der Waals surface area contributed by atoms with Crippen molar-refractivity contribution in [2.45, 2.75) is 19.4 Å². The lowest BCUT2D eigenvalue weighted by Crippen LogP contribution is -2.42. The Morgan fingerprint density at radius 1 is 1.59 bits per heavy atom. The molecule has 0 aliphatic carbocycles. The van der Waals surface area contributed by atoms with Crippen molar-refractivity contribution in [1.29, 1.82) is 0 Å². The van der Waals surface area contributed by atoms with Gasteiger partial charge in [-0.3, -0.25) is 0 Å². The molecule has 0 radical (unpaired) electrons. The monoisotopic (exact) mass is 257 g/mol. The van der Waals surface area contributed by atoms with Crippen molar-refractivity contribution < 1.29 is 14.6 Å². The summed E-state index contributed by atoms with van der Waals surface area (Å²) in [5.74, 6) is -0.670. The maximum atomic E-state index is 11.3. The van der Waals surface area contributed by atoms with Crippen LogP contribution in [0.3, 0.4) is 0 Å². The molecule has 0 aromatic heterocycles. The summed E-state index contributed by atoms with van der Waals surface area (Å²) in [5, 5.41) is 13.5. The third-order valence-electron chi connectivity index (χ3n) is 2.44. The average Bonchev–Trinajstić information content (AvgIpc) is 2.26. The maximum Gasteiger partial charge on any atom is 0.339 e. The van der Waals surface area contributed by atoms with Crippen LogP contribution in [0.1, 0.15) is 12.5 Å². The molecule has 0 aliphatic rings. The van der Waals surface area contributed by atoms with Gasteiger partial charge < -0.3 is 15.2 Å². The van der Waals surface area contributed by atoms with Crippen LogP contribution in [0.15, 0.2) is 18.2 Å². The van der Waals surface area contributed by atoms with Gasteiger partial charge in [-0.05, 0) is 37.6 Å². The second kappa shape index (κ2) is 5.38. The van der Waals surface area contributed by atoms with E-state index in [1.165, 1.54) is 14.0 Å². The second-order valence-electron chi connectivity index (χ2n) is 4.08. The van der Waals surface area contributed by atoms with Gasteiger partial charge in [0.2, 0.25) is 0 Å². The Hall–Kier alpha value is -1.26. The first-order valence-corrected chi connectivity index (χ1v) is 5.55. The molecule has 1 unspecified atom stereocenters. The van der Waals surface area contributed by atoms with Crippen LogP contribution in [0, 0.1) is 6.92 Å². The van der Waals surface area contributed by atoms with Gasteiger partial charge in [0.05, 0.1) is 13.7 Å². The molecular weight excluding hydrogens is 242 g/mol. The van der Waals surface area contributed by atoms with E-state index in [9.17, 15) is 9.90 Å². The molecule has 0 bridgehead atoms. The van der Waals surface area contributed by atoms with E-state index in [4.69, 9.17) is 11.6 Å². The van der Waals surface area contributed by atoms with Gasteiger partial charge in [-0.25, -0.2) is 4.79 Å². The summed E-state index contributed by atoms with van der Waals surface area (Å²) in [4.78, 5) is 11.3. The number of methoxy groups -OCH3 is 1. The first kappa shape index (κ1) is 13.8. The third kappa shape index (κ3) is 3.61. The fourth-order valence-corrected chi connectivity index (χ4v) is 1.61. The van der Waals surface area contributed by atoms with E-state index in [-0.39, 0.29) is 6.54 Å². The lowest BCUT2D eigenvalue weighted by molar-refractivity contribution is -0.158. The van der Waals surface area contributed by atoms with E-state index >= 15 is 0 Å². The molecule has 2 N–H and O–H groups in total. The van der Waals surface area contributed by atoms with E-state index in [0.29, 0.717) is 5.02 Å². The molecule has 1 atom stereocenters. The maximum absolute atomic E-state index is 11.3. The van der Waals surface area contributed by atoms with Crippen LogP contribution < -0.4 is 5.32 Å². The highest BCUT2D eigenvalue weighted by Gasteiger charge is 2.31. The zero-order chi connectivity index (χ0) is 13.1. The highest BCUT2D eigenvalue weighted by molar-refractivity contribution is 6.30. The number of nitrogens with one attached hydrogen (secondary N) is 1. The van der Waals surface area contributed by atoms with Crippen LogP contribution in [-0.2, 0) is 9.53 Å². The predicted molar refractivity (Wildman–Crippen MR) is 67.3 cm³/mol. The van der Waals surface area contributed by atoms with Crippen molar-refractivity contribution in [3.8, 4) is 0 Å². The number of rotatable bonds is 4. The number of ether oxygens (including phenoxy) is 1. The normalized spacial score (nSPS) is 13.9. The van der Waals surface area contributed by atoms with Crippen molar-refractivity contribution in [2.75, 3.05) is 19.0 Å². The topological polar surface area (TPSA) is 58.6 Å². The summed E-state index contributed by atoms with van der Waals surface area (Å²) < 4.78 is 4.50. The number of benzene rings is 1. The van der Waals surface area contributed by atoms with Gasteiger partial charge in [-0.2, -0.15) is 0 Å². The summed E-state index contributed by atoms with van der Waals surface area (Å²) in [7, 11) is 1.24. The summed E-state index contributed by atoms with van der Waals surface area (Å²) in [6.45, 7) is 3.36. The lowest BCUT2D eigenvalue weighted by atomic mass is 10.1. The Balaban J connectivity index is 2.70. The molecule has 17 heavy (non-hydrogen) atoms. The van der Waals surface area contributed by atoms with Gasteiger partial charge in [0.1, 0.15) is 0 Å².